The summed E-state index contributed by atoms with van der Waals surface area (Å²) in [5.74, 6) is 0.274. The first kappa shape index (κ1) is 24.2. The number of pyridine rings is 1. The van der Waals surface area contributed by atoms with Gasteiger partial charge < -0.3 is 16.4 Å². The largest absolute Gasteiger partial charge is 0.383 e. The standard InChI is InChI=1S/C27H28N4O3S/c1-17(2)25(30-21-13-10-19-14-15-29-26(28)23(19)16-21)27(32)31-20-11-8-18(9-12-20)22-6-4-5-7-24(22)35(3,33)34/h4-17,25,30H,1-3H3,(H2,28,29)(H,31,32). The van der Waals surface area contributed by atoms with Crippen molar-refractivity contribution in [2.45, 2.75) is 24.8 Å². The first-order chi connectivity index (χ1) is 16.6. The van der Waals surface area contributed by atoms with Crippen molar-refractivity contribution in [2.75, 3.05) is 22.6 Å². The number of rotatable bonds is 7. The van der Waals surface area contributed by atoms with Gasteiger partial charge in [0.25, 0.3) is 0 Å². The summed E-state index contributed by atoms with van der Waals surface area (Å²) in [6.45, 7) is 3.94. The van der Waals surface area contributed by atoms with Gasteiger partial charge in [0.1, 0.15) is 11.9 Å². The molecule has 0 aliphatic carbocycles. The van der Waals surface area contributed by atoms with Gasteiger partial charge >= 0.3 is 0 Å². The molecule has 1 aromatic heterocycles. The number of benzene rings is 3. The molecule has 180 valence electrons. The Morgan fingerprint density at radius 1 is 0.943 bits per heavy atom. The van der Waals surface area contributed by atoms with Gasteiger partial charge in [-0.25, -0.2) is 13.4 Å². The first-order valence-corrected chi connectivity index (χ1v) is 13.1. The van der Waals surface area contributed by atoms with Crippen LogP contribution in [-0.2, 0) is 14.6 Å². The second-order valence-electron chi connectivity index (χ2n) is 8.83. The normalized spacial score (nSPS) is 12.5. The van der Waals surface area contributed by atoms with E-state index in [0.29, 0.717) is 17.1 Å². The number of nitrogens with one attached hydrogen (secondary N) is 2. The van der Waals surface area contributed by atoms with E-state index in [-0.39, 0.29) is 16.7 Å². The summed E-state index contributed by atoms with van der Waals surface area (Å²) in [7, 11) is -3.37. The van der Waals surface area contributed by atoms with Crippen molar-refractivity contribution in [3.8, 4) is 11.1 Å². The molecule has 0 bridgehead atoms. The Hall–Kier alpha value is -3.91. The number of amides is 1. The zero-order valence-corrected chi connectivity index (χ0v) is 20.6. The number of nitrogen functional groups attached to an aromatic ring is 1. The summed E-state index contributed by atoms with van der Waals surface area (Å²) >= 11 is 0. The van der Waals surface area contributed by atoms with Gasteiger partial charge in [-0.1, -0.05) is 50.2 Å². The Bertz CT molecular complexity index is 1480. The Kier molecular flexibility index (Phi) is 6.75. The first-order valence-electron chi connectivity index (χ1n) is 11.2. The number of nitrogens with two attached hydrogens (primary N) is 1. The lowest BCUT2D eigenvalue weighted by molar-refractivity contribution is -0.117. The van der Waals surface area contributed by atoms with Crippen LogP contribution in [-0.4, -0.2) is 31.6 Å². The van der Waals surface area contributed by atoms with Crippen molar-refractivity contribution >= 4 is 43.7 Å². The van der Waals surface area contributed by atoms with Gasteiger partial charge in [-0.2, -0.15) is 0 Å². The van der Waals surface area contributed by atoms with Gasteiger partial charge in [-0.15, -0.1) is 0 Å². The third-order valence-corrected chi connectivity index (χ3v) is 6.97. The Balaban J connectivity index is 1.53. The van der Waals surface area contributed by atoms with Crippen LogP contribution in [0.2, 0.25) is 0 Å². The lowest BCUT2D eigenvalue weighted by Crippen LogP contribution is -2.38. The highest BCUT2D eigenvalue weighted by Crippen LogP contribution is 2.29. The average Bonchev–Trinajstić information content (AvgIpc) is 2.82. The van der Waals surface area contributed by atoms with Gasteiger partial charge in [0.2, 0.25) is 5.91 Å². The highest BCUT2D eigenvalue weighted by molar-refractivity contribution is 7.90. The average molecular weight is 489 g/mol. The van der Waals surface area contributed by atoms with E-state index >= 15 is 0 Å². The summed E-state index contributed by atoms with van der Waals surface area (Å²) in [6.07, 6.45) is 2.86. The third kappa shape index (κ3) is 5.44. The molecule has 1 unspecified atom stereocenters. The summed E-state index contributed by atoms with van der Waals surface area (Å²) in [5, 5.41) is 8.08. The summed E-state index contributed by atoms with van der Waals surface area (Å²) < 4.78 is 24.3. The van der Waals surface area contributed by atoms with Gasteiger partial charge in [-0.3, -0.25) is 4.79 Å². The molecule has 0 fully saturated rings. The fourth-order valence-corrected chi connectivity index (χ4v) is 4.89. The molecule has 4 N–H and O–H groups in total. The van der Waals surface area contributed by atoms with Gasteiger partial charge in [0, 0.05) is 34.8 Å². The van der Waals surface area contributed by atoms with E-state index in [2.05, 4.69) is 15.6 Å². The number of sulfone groups is 1. The second kappa shape index (κ2) is 9.76. The van der Waals surface area contributed by atoms with Gasteiger partial charge in [0.15, 0.2) is 9.84 Å². The van der Waals surface area contributed by atoms with E-state index < -0.39 is 15.9 Å². The molecule has 3 aromatic carbocycles. The van der Waals surface area contributed by atoms with Crippen LogP contribution >= 0.6 is 0 Å². The smallest absolute Gasteiger partial charge is 0.247 e. The molecule has 7 nitrogen and oxygen atoms in total. The molecule has 1 heterocycles. The Morgan fingerprint density at radius 3 is 2.31 bits per heavy atom. The molecule has 1 amide bonds. The maximum Gasteiger partial charge on any atom is 0.247 e. The van der Waals surface area contributed by atoms with Crippen molar-refractivity contribution in [1.29, 1.82) is 0 Å². The number of nitrogens with zero attached hydrogens (tertiary/aromatic N) is 1. The molecule has 0 saturated carbocycles. The molecular weight excluding hydrogens is 460 g/mol. The highest BCUT2D eigenvalue weighted by Gasteiger charge is 2.22. The van der Waals surface area contributed by atoms with E-state index in [1.807, 2.05) is 38.1 Å². The maximum atomic E-state index is 13.1. The minimum Gasteiger partial charge on any atom is -0.383 e. The minimum atomic E-state index is -3.37. The van der Waals surface area contributed by atoms with E-state index in [1.165, 1.54) is 6.26 Å². The minimum absolute atomic E-state index is 0.0119. The zero-order valence-electron chi connectivity index (χ0n) is 19.8. The summed E-state index contributed by atoms with van der Waals surface area (Å²) in [6, 6.07) is 21.2. The second-order valence-corrected chi connectivity index (χ2v) is 10.8. The van der Waals surface area contributed by atoms with Crippen molar-refractivity contribution in [2.24, 2.45) is 5.92 Å². The molecule has 0 saturated heterocycles. The Labute approximate surface area is 205 Å². The highest BCUT2D eigenvalue weighted by atomic mass is 32.2. The fourth-order valence-electron chi connectivity index (χ4n) is 3.98. The number of carbonyl (C=O) groups excluding carboxylic acids is 1. The molecule has 0 spiro atoms. The molecule has 8 heteroatoms. The maximum absolute atomic E-state index is 13.1. The van der Waals surface area contributed by atoms with Gasteiger partial charge in [0.05, 0.1) is 4.90 Å². The molecule has 4 rings (SSSR count). The van der Waals surface area contributed by atoms with E-state index in [4.69, 9.17) is 5.73 Å². The number of fused-ring (bicyclic) bond motifs is 1. The predicted molar refractivity (Wildman–Crippen MR) is 142 cm³/mol. The van der Waals surface area contributed by atoms with Crippen molar-refractivity contribution in [3.63, 3.8) is 0 Å². The third-order valence-electron chi connectivity index (χ3n) is 5.82. The fraction of sp³-hybridized carbons (Fsp3) is 0.185. The van der Waals surface area contributed by atoms with Crippen molar-refractivity contribution in [3.05, 3.63) is 79.0 Å². The van der Waals surface area contributed by atoms with E-state index in [0.717, 1.165) is 22.0 Å². The summed E-state index contributed by atoms with van der Waals surface area (Å²) in [4.78, 5) is 17.5. The molecule has 1 atom stereocenters. The molecule has 35 heavy (non-hydrogen) atoms. The van der Waals surface area contributed by atoms with Crippen LogP contribution in [0.15, 0.2) is 83.9 Å². The van der Waals surface area contributed by atoms with E-state index in [1.54, 1.807) is 54.7 Å². The zero-order chi connectivity index (χ0) is 25.2. The number of hydrogen-bond donors (Lipinski definition) is 3. The van der Waals surface area contributed by atoms with Crippen LogP contribution in [0, 0.1) is 5.92 Å². The molecule has 0 aliphatic heterocycles. The SMILES string of the molecule is CC(C)C(Nc1ccc2ccnc(N)c2c1)C(=O)Nc1ccc(-c2ccccc2S(C)(=O)=O)cc1. The van der Waals surface area contributed by atoms with Crippen LogP contribution < -0.4 is 16.4 Å². The lowest BCUT2D eigenvalue weighted by atomic mass is 10.0. The van der Waals surface area contributed by atoms with Crippen molar-refractivity contribution < 1.29 is 13.2 Å². The van der Waals surface area contributed by atoms with Crippen LogP contribution in [0.25, 0.3) is 21.9 Å². The lowest BCUT2D eigenvalue weighted by Gasteiger charge is -2.23. The van der Waals surface area contributed by atoms with Crippen molar-refractivity contribution in [1.82, 2.24) is 4.98 Å². The number of anilines is 3. The predicted octanol–water partition coefficient (Wildman–Crippen LogP) is 4.96. The molecular formula is C27H28N4O3S. The molecule has 0 aliphatic rings. The quantitative estimate of drug-likeness (QED) is 0.339. The van der Waals surface area contributed by atoms with Crippen LogP contribution in [0.1, 0.15) is 13.8 Å². The Morgan fingerprint density at radius 2 is 1.63 bits per heavy atom. The number of carbonyl (C=O) groups is 1. The monoisotopic (exact) mass is 488 g/mol. The van der Waals surface area contributed by atoms with Gasteiger partial charge in [-0.05, 0) is 53.3 Å². The number of aromatic nitrogens is 1. The van der Waals surface area contributed by atoms with Crippen LogP contribution in [0.5, 0.6) is 0 Å². The molecule has 0 radical (unpaired) electrons. The molecule has 4 aromatic rings. The number of hydrogen-bond acceptors (Lipinski definition) is 6. The van der Waals surface area contributed by atoms with Crippen LogP contribution in [0.4, 0.5) is 17.2 Å². The summed E-state index contributed by atoms with van der Waals surface area (Å²) in [5.41, 5.74) is 8.79. The topological polar surface area (TPSA) is 114 Å². The van der Waals surface area contributed by atoms with E-state index in [9.17, 15) is 13.2 Å². The van der Waals surface area contributed by atoms with Crippen LogP contribution in [0.3, 0.4) is 0 Å².